The third-order valence-corrected chi connectivity index (χ3v) is 4.17. The van der Waals surface area contributed by atoms with E-state index in [2.05, 4.69) is 0 Å². The molecule has 0 aliphatic carbocycles. The van der Waals surface area contributed by atoms with Crippen LogP contribution in [0.5, 0.6) is 0 Å². The van der Waals surface area contributed by atoms with Gasteiger partial charge < -0.3 is 14.1 Å². The van der Waals surface area contributed by atoms with E-state index in [1.54, 1.807) is 6.26 Å². The molecular formula is C18H21NO3. The number of hydrogen-bond donors (Lipinski definition) is 0. The topological polar surface area (TPSA) is 42.7 Å². The van der Waals surface area contributed by atoms with Gasteiger partial charge in [0.2, 0.25) is 0 Å². The first kappa shape index (κ1) is 14.9. The molecule has 1 fully saturated rings. The molecular weight excluding hydrogens is 278 g/mol. The summed E-state index contributed by atoms with van der Waals surface area (Å²) in [6.07, 6.45) is 3.40. The fourth-order valence-electron chi connectivity index (χ4n) is 2.90. The van der Waals surface area contributed by atoms with E-state index in [1.165, 1.54) is 0 Å². The summed E-state index contributed by atoms with van der Waals surface area (Å²) >= 11 is 0. The van der Waals surface area contributed by atoms with Crippen LogP contribution in [0.4, 0.5) is 0 Å². The van der Waals surface area contributed by atoms with E-state index < -0.39 is 0 Å². The molecule has 22 heavy (non-hydrogen) atoms. The Bertz CT molecular complexity index is 615. The quantitative estimate of drug-likeness (QED) is 0.869. The Kier molecular flexibility index (Phi) is 4.59. The minimum Gasteiger partial charge on any atom is -0.467 e. The highest BCUT2D eigenvalue weighted by Gasteiger charge is 2.28. The highest BCUT2D eigenvalue weighted by molar-refractivity contribution is 5.95. The van der Waals surface area contributed by atoms with Gasteiger partial charge in [-0.1, -0.05) is 18.2 Å². The summed E-state index contributed by atoms with van der Waals surface area (Å²) in [6.45, 7) is 3.90. The van der Waals surface area contributed by atoms with Crippen molar-refractivity contribution in [3.05, 3.63) is 59.5 Å². The first-order chi connectivity index (χ1) is 10.8. The van der Waals surface area contributed by atoms with Gasteiger partial charge in [-0.25, -0.2) is 0 Å². The van der Waals surface area contributed by atoms with Gasteiger partial charge >= 0.3 is 0 Å². The SMILES string of the molecule is Cc1ccccc1C(=O)N(Cc1ccco1)C1CCOCC1. The van der Waals surface area contributed by atoms with E-state index in [1.807, 2.05) is 48.2 Å². The lowest BCUT2D eigenvalue weighted by Crippen LogP contribution is -2.43. The summed E-state index contributed by atoms with van der Waals surface area (Å²) in [4.78, 5) is 15.0. The molecule has 0 bridgehead atoms. The Balaban J connectivity index is 1.86. The van der Waals surface area contributed by atoms with Gasteiger partial charge in [0.25, 0.3) is 5.91 Å². The maximum atomic E-state index is 13.0. The summed E-state index contributed by atoms with van der Waals surface area (Å²) in [5.74, 6) is 0.884. The molecule has 2 aromatic rings. The monoisotopic (exact) mass is 299 g/mol. The zero-order chi connectivity index (χ0) is 15.4. The van der Waals surface area contributed by atoms with Crippen molar-refractivity contribution in [2.24, 2.45) is 0 Å². The Morgan fingerprint density at radius 1 is 1.18 bits per heavy atom. The molecule has 0 N–H and O–H groups in total. The van der Waals surface area contributed by atoms with Crippen LogP contribution in [-0.4, -0.2) is 30.1 Å². The number of benzene rings is 1. The predicted molar refractivity (Wildman–Crippen MR) is 83.6 cm³/mol. The van der Waals surface area contributed by atoms with Crippen molar-refractivity contribution in [3.8, 4) is 0 Å². The van der Waals surface area contributed by atoms with Gasteiger partial charge in [-0.15, -0.1) is 0 Å². The molecule has 0 radical (unpaired) electrons. The van der Waals surface area contributed by atoms with Gasteiger partial charge in [-0.2, -0.15) is 0 Å². The highest BCUT2D eigenvalue weighted by atomic mass is 16.5. The van der Waals surface area contributed by atoms with E-state index in [0.29, 0.717) is 19.8 Å². The van der Waals surface area contributed by atoms with Crippen molar-refractivity contribution >= 4 is 5.91 Å². The highest BCUT2D eigenvalue weighted by Crippen LogP contribution is 2.21. The van der Waals surface area contributed by atoms with E-state index in [-0.39, 0.29) is 11.9 Å². The number of carbonyl (C=O) groups is 1. The maximum absolute atomic E-state index is 13.0. The number of aryl methyl sites for hydroxylation is 1. The summed E-state index contributed by atoms with van der Waals surface area (Å²) in [6, 6.07) is 11.7. The molecule has 4 nitrogen and oxygen atoms in total. The number of carbonyl (C=O) groups excluding carboxylic acids is 1. The molecule has 1 aromatic heterocycles. The number of ether oxygens (including phenoxy) is 1. The minimum atomic E-state index is 0.0707. The van der Waals surface area contributed by atoms with Crippen LogP contribution in [0.15, 0.2) is 47.1 Å². The second kappa shape index (κ2) is 6.79. The Hall–Kier alpha value is -2.07. The third-order valence-electron chi connectivity index (χ3n) is 4.17. The molecule has 1 aliphatic rings. The molecule has 116 valence electrons. The lowest BCUT2D eigenvalue weighted by molar-refractivity contribution is 0.0249. The summed E-state index contributed by atoms with van der Waals surface area (Å²) in [7, 11) is 0. The van der Waals surface area contributed by atoms with Crippen molar-refractivity contribution in [3.63, 3.8) is 0 Å². The van der Waals surface area contributed by atoms with Gasteiger partial charge in [-0.3, -0.25) is 4.79 Å². The molecule has 3 rings (SSSR count). The number of amides is 1. The lowest BCUT2D eigenvalue weighted by Gasteiger charge is -2.34. The van der Waals surface area contributed by atoms with Gasteiger partial charge in [0.15, 0.2) is 0 Å². The van der Waals surface area contributed by atoms with Crippen LogP contribution in [0.3, 0.4) is 0 Å². The molecule has 0 saturated carbocycles. The van der Waals surface area contributed by atoms with Gasteiger partial charge in [0.1, 0.15) is 5.76 Å². The summed E-state index contributed by atoms with van der Waals surface area (Å²) in [5, 5.41) is 0. The van der Waals surface area contributed by atoms with Crippen LogP contribution < -0.4 is 0 Å². The standard InChI is InChI=1S/C18H21NO3/c1-14-5-2-3-7-17(14)18(20)19(13-16-6-4-10-22-16)15-8-11-21-12-9-15/h2-7,10,15H,8-9,11-13H2,1H3. The second-order valence-electron chi connectivity index (χ2n) is 5.67. The van der Waals surface area contributed by atoms with Gasteiger partial charge in [-0.05, 0) is 43.5 Å². The lowest BCUT2D eigenvalue weighted by atomic mass is 10.0. The average Bonchev–Trinajstić information content (AvgIpc) is 3.06. The van der Waals surface area contributed by atoms with Crippen LogP contribution in [0.2, 0.25) is 0 Å². The van der Waals surface area contributed by atoms with Crippen LogP contribution >= 0.6 is 0 Å². The van der Waals surface area contributed by atoms with E-state index in [0.717, 1.165) is 29.7 Å². The first-order valence-corrected chi connectivity index (χ1v) is 7.72. The molecule has 0 unspecified atom stereocenters. The zero-order valence-corrected chi connectivity index (χ0v) is 12.8. The minimum absolute atomic E-state index is 0.0707. The van der Waals surface area contributed by atoms with Crippen LogP contribution in [0.25, 0.3) is 0 Å². The maximum Gasteiger partial charge on any atom is 0.254 e. The van der Waals surface area contributed by atoms with Crippen LogP contribution in [0.1, 0.15) is 34.5 Å². The molecule has 1 aromatic carbocycles. The van der Waals surface area contributed by atoms with E-state index in [9.17, 15) is 4.79 Å². The van der Waals surface area contributed by atoms with Gasteiger partial charge in [0, 0.05) is 24.8 Å². The molecule has 1 aliphatic heterocycles. The normalized spacial score (nSPS) is 15.7. The van der Waals surface area contributed by atoms with Crippen molar-refractivity contribution < 1.29 is 13.9 Å². The van der Waals surface area contributed by atoms with Crippen molar-refractivity contribution in [1.82, 2.24) is 4.90 Å². The van der Waals surface area contributed by atoms with Crippen molar-refractivity contribution in [1.29, 1.82) is 0 Å². The smallest absolute Gasteiger partial charge is 0.254 e. The van der Waals surface area contributed by atoms with Crippen LogP contribution in [0, 0.1) is 6.92 Å². The fraction of sp³-hybridized carbons (Fsp3) is 0.389. The fourth-order valence-corrected chi connectivity index (χ4v) is 2.90. The molecule has 1 amide bonds. The predicted octanol–water partition coefficient (Wildman–Crippen LogP) is 3.41. The number of hydrogen-bond acceptors (Lipinski definition) is 3. The third kappa shape index (κ3) is 3.22. The summed E-state index contributed by atoms with van der Waals surface area (Å²) in [5.41, 5.74) is 1.77. The van der Waals surface area contributed by atoms with E-state index >= 15 is 0 Å². The Morgan fingerprint density at radius 3 is 2.64 bits per heavy atom. The second-order valence-corrected chi connectivity index (χ2v) is 5.67. The number of rotatable bonds is 4. The average molecular weight is 299 g/mol. The van der Waals surface area contributed by atoms with Crippen LogP contribution in [-0.2, 0) is 11.3 Å². The molecule has 1 saturated heterocycles. The molecule has 4 heteroatoms. The molecule has 0 atom stereocenters. The summed E-state index contributed by atoms with van der Waals surface area (Å²) < 4.78 is 10.9. The Labute approximate surface area is 130 Å². The number of furan rings is 1. The van der Waals surface area contributed by atoms with Gasteiger partial charge in [0.05, 0.1) is 12.8 Å². The zero-order valence-electron chi connectivity index (χ0n) is 12.8. The van der Waals surface area contributed by atoms with Crippen molar-refractivity contribution in [2.75, 3.05) is 13.2 Å². The molecule has 0 spiro atoms. The van der Waals surface area contributed by atoms with Crippen molar-refractivity contribution in [2.45, 2.75) is 32.4 Å². The first-order valence-electron chi connectivity index (χ1n) is 7.72. The largest absolute Gasteiger partial charge is 0.467 e. The molecule has 2 heterocycles. The number of nitrogens with zero attached hydrogens (tertiary/aromatic N) is 1. The Morgan fingerprint density at radius 2 is 1.95 bits per heavy atom. The van der Waals surface area contributed by atoms with E-state index in [4.69, 9.17) is 9.15 Å².